The van der Waals surface area contributed by atoms with Gasteiger partial charge in [0.1, 0.15) is 22.7 Å². The fourth-order valence-corrected chi connectivity index (χ4v) is 0.358. The standard InChI is InChI=1S/C8H18N6.H2O4S/c1-7(2,5(9)10)13-14-8(3,4)6(11)12;1-5(2,3)4/h1-4H3,(H3,9,10)(H3,11,12);(H2,1,2,3,4). The van der Waals surface area contributed by atoms with Crippen molar-refractivity contribution < 1.29 is 17.5 Å². The maximum absolute atomic E-state index is 8.74. The van der Waals surface area contributed by atoms with E-state index in [1.807, 2.05) is 0 Å². The van der Waals surface area contributed by atoms with E-state index >= 15 is 0 Å². The van der Waals surface area contributed by atoms with Crippen LogP contribution in [-0.2, 0) is 10.4 Å². The lowest BCUT2D eigenvalue weighted by Crippen LogP contribution is -2.38. The molecule has 0 aliphatic heterocycles. The molecular weight excluding hydrogens is 276 g/mol. The molecule has 19 heavy (non-hydrogen) atoms. The third-order valence-corrected chi connectivity index (χ3v) is 1.87. The van der Waals surface area contributed by atoms with Gasteiger partial charge in [-0.25, -0.2) is 0 Å². The lowest BCUT2D eigenvalue weighted by molar-refractivity contribution is 0.381. The molecule has 112 valence electrons. The fraction of sp³-hybridized carbons (Fsp3) is 0.750. The summed E-state index contributed by atoms with van der Waals surface area (Å²) >= 11 is 0. The van der Waals surface area contributed by atoms with Crippen LogP contribution in [-0.4, -0.2) is 40.3 Å². The molecule has 0 bridgehead atoms. The number of nitrogens with one attached hydrogen (secondary N) is 2. The lowest BCUT2D eigenvalue weighted by atomic mass is 10.1. The van der Waals surface area contributed by atoms with Crippen LogP contribution in [0.25, 0.3) is 0 Å². The SMILES string of the molecule is CC(C)(N=NC(C)(C)C(=N)N)C(=N)N.O=S(=O)(O)O. The Morgan fingerprint density at radius 1 is 0.947 bits per heavy atom. The quantitative estimate of drug-likeness (QED) is 0.185. The van der Waals surface area contributed by atoms with Crippen molar-refractivity contribution in [2.24, 2.45) is 21.7 Å². The van der Waals surface area contributed by atoms with Gasteiger partial charge >= 0.3 is 10.4 Å². The van der Waals surface area contributed by atoms with Gasteiger partial charge in [0.15, 0.2) is 0 Å². The van der Waals surface area contributed by atoms with E-state index in [1.165, 1.54) is 0 Å². The zero-order valence-electron chi connectivity index (χ0n) is 11.2. The number of amidine groups is 2. The minimum Gasteiger partial charge on any atom is -0.386 e. The van der Waals surface area contributed by atoms with Gasteiger partial charge in [-0.3, -0.25) is 19.9 Å². The summed E-state index contributed by atoms with van der Waals surface area (Å²) in [6.45, 7) is 6.70. The molecule has 0 heterocycles. The molecular formula is C8H20N6O4S. The minimum atomic E-state index is -4.67. The Balaban J connectivity index is 0. The monoisotopic (exact) mass is 296 g/mol. The predicted octanol–water partition coefficient (Wildman–Crippen LogP) is 0.215. The maximum atomic E-state index is 8.74. The summed E-state index contributed by atoms with van der Waals surface area (Å²) in [4.78, 5) is 0. The Hall–Kier alpha value is -1.59. The zero-order chi connectivity index (χ0) is 16.1. The van der Waals surface area contributed by atoms with Gasteiger partial charge in [-0.1, -0.05) is 0 Å². The largest absolute Gasteiger partial charge is 0.394 e. The van der Waals surface area contributed by atoms with Gasteiger partial charge in [0, 0.05) is 0 Å². The summed E-state index contributed by atoms with van der Waals surface area (Å²) in [7, 11) is -4.67. The molecule has 0 aromatic heterocycles. The van der Waals surface area contributed by atoms with E-state index in [-0.39, 0.29) is 11.7 Å². The van der Waals surface area contributed by atoms with E-state index < -0.39 is 21.5 Å². The number of rotatable bonds is 4. The van der Waals surface area contributed by atoms with Crippen LogP contribution in [0.4, 0.5) is 0 Å². The third kappa shape index (κ3) is 11.2. The van der Waals surface area contributed by atoms with E-state index in [4.69, 9.17) is 39.8 Å². The van der Waals surface area contributed by atoms with Gasteiger partial charge in [-0.2, -0.15) is 18.6 Å². The predicted molar refractivity (Wildman–Crippen MR) is 71.0 cm³/mol. The summed E-state index contributed by atoms with van der Waals surface area (Å²) in [5.74, 6) is -0.138. The molecule has 0 aromatic carbocycles. The molecule has 10 nitrogen and oxygen atoms in total. The molecule has 0 unspecified atom stereocenters. The van der Waals surface area contributed by atoms with Crippen molar-refractivity contribution in [3.63, 3.8) is 0 Å². The van der Waals surface area contributed by atoms with Crippen LogP contribution >= 0.6 is 0 Å². The number of nitrogens with two attached hydrogens (primary N) is 2. The number of azo groups is 1. The second kappa shape index (κ2) is 6.54. The van der Waals surface area contributed by atoms with Crippen molar-refractivity contribution in [3.8, 4) is 0 Å². The van der Waals surface area contributed by atoms with Gasteiger partial charge in [-0.05, 0) is 27.7 Å². The maximum Gasteiger partial charge on any atom is 0.394 e. The molecule has 0 spiro atoms. The zero-order valence-corrected chi connectivity index (χ0v) is 12.0. The van der Waals surface area contributed by atoms with Crippen molar-refractivity contribution >= 4 is 22.1 Å². The number of hydrogen-bond donors (Lipinski definition) is 6. The van der Waals surface area contributed by atoms with E-state index in [1.54, 1.807) is 27.7 Å². The topological polar surface area (TPSA) is 199 Å². The van der Waals surface area contributed by atoms with Gasteiger partial charge in [-0.15, -0.1) is 0 Å². The Labute approximate surface area is 111 Å². The van der Waals surface area contributed by atoms with Gasteiger partial charge in [0.2, 0.25) is 0 Å². The van der Waals surface area contributed by atoms with Crippen molar-refractivity contribution in [2.45, 2.75) is 38.8 Å². The molecule has 0 fully saturated rings. The summed E-state index contributed by atoms with van der Waals surface area (Å²) in [5, 5.41) is 22.3. The highest BCUT2D eigenvalue weighted by atomic mass is 32.3. The molecule has 0 atom stereocenters. The van der Waals surface area contributed by atoms with E-state index in [0.717, 1.165) is 0 Å². The van der Waals surface area contributed by atoms with Crippen LogP contribution in [0.15, 0.2) is 10.2 Å². The van der Waals surface area contributed by atoms with E-state index in [9.17, 15) is 0 Å². The average Bonchev–Trinajstić information content (AvgIpc) is 2.12. The highest BCUT2D eigenvalue weighted by Crippen LogP contribution is 2.15. The second-order valence-electron chi connectivity index (χ2n) is 4.59. The first-order valence-electron chi connectivity index (χ1n) is 4.92. The molecule has 0 aliphatic rings. The summed E-state index contributed by atoms with van der Waals surface area (Å²) in [6.07, 6.45) is 0. The van der Waals surface area contributed by atoms with Crippen LogP contribution < -0.4 is 11.5 Å². The highest BCUT2D eigenvalue weighted by molar-refractivity contribution is 7.79. The smallest absolute Gasteiger partial charge is 0.386 e. The molecule has 11 heteroatoms. The normalized spacial score (nSPS) is 12.7. The Bertz CT molecular complexity index is 432. The third-order valence-electron chi connectivity index (χ3n) is 1.87. The first-order chi connectivity index (χ1) is 8.09. The van der Waals surface area contributed by atoms with Crippen molar-refractivity contribution in [2.75, 3.05) is 0 Å². The molecule has 0 aromatic rings. The van der Waals surface area contributed by atoms with Crippen molar-refractivity contribution in [3.05, 3.63) is 0 Å². The fourth-order valence-electron chi connectivity index (χ4n) is 0.358. The summed E-state index contributed by atoms with van der Waals surface area (Å²) in [6, 6.07) is 0. The van der Waals surface area contributed by atoms with E-state index in [0.29, 0.717) is 0 Å². The Kier molecular flexibility index (Phi) is 6.80. The Morgan fingerprint density at radius 2 is 1.11 bits per heavy atom. The molecule has 0 amide bonds. The van der Waals surface area contributed by atoms with Crippen LogP contribution in [0, 0.1) is 10.8 Å². The average molecular weight is 296 g/mol. The molecule has 0 rings (SSSR count). The van der Waals surface area contributed by atoms with E-state index in [2.05, 4.69) is 10.2 Å². The molecule has 0 saturated heterocycles. The van der Waals surface area contributed by atoms with Crippen LogP contribution in [0.2, 0.25) is 0 Å². The van der Waals surface area contributed by atoms with Crippen LogP contribution in [0.3, 0.4) is 0 Å². The summed E-state index contributed by atoms with van der Waals surface area (Å²) < 4.78 is 31.6. The van der Waals surface area contributed by atoms with Crippen molar-refractivity contribution in [1.82, 2.24) is 0 Å². The van der Waals surface area contributed by atoms with Crippen LogP contribution in [0.1, 0.15) is 27.7 Å². The Morgan fingerprint density at radius 3 is 1.21 bits per heavy atom. The first kappa shape index (κ1) is 19.7. The first-order valence-corrected chi connectivity index (χ1v) is 6.32. The highest BCUT2D eigenvalue weighted by Gasteiger charge is 2.25. The molecule has 8 N–H and O–H groups in total. The molecule has 0 radical (unpaired) electrons. The lowest BCUT2D eigenvalue weighted by Gasteiger charge is -2.20. The van der Waals surface area contributed by atoms with Gasteiger partial charge < -0.3 is 11.5 Å². The minimum absolute atomic E-state index is 0.0689. The number of hydrogen-bond acceptors (Lipinski definition) is 6. The van der Waals surface area contributed by atoms with Crippen molar-refractivity contribution in [1.29, 1.82) is 10.8 Å². The molecule has 0 saturated carbocycles. The van der Waals surface area contributed by atoms with Gasteiger partial charge in [0.25, 0.3) is 0 Å². The second-order valence-corrected chi connectivity index (χ2v) is 5.49. The number of nitrogens with zero attached hydrogens (tertiary/aromatic N) is 2. The molecule has 0 aliphatic carbocycles. The summed E-state index contributed by atoms with van der Waals surface area (Å²) in [5.41, 5.74) is 8.96. The van der Waals surface area contributed by atoms with Crippen LogP contribution in [0.5, 0.6) is 0 Å². The van der Waals surface area contributed by atoms with Gasteiger partial charge in [0.05, 0.1) is 0 Å².